The Morgan fingerprint density at radius 2 is 1.76 bits per heavy atom. The molecule has 0 saturated carbocycles. The highest BCUT2D eigenvalue weighted by atomic mass is 16.6. The Bertz CT molecular complexity index is 1100. The number of aryl methyl sites for hydroxylation is 1. The summed E-state index contributed by atoms with van der Waals surface area (Å²) < 4.78 is 6.83. The molecule has 1 atom stereocenters. The SMILES string of the molecule is CCOC(=O)N(C)c1ccc(NC(=O)C(=O)N[C@H](Cc2nccn2C)c2ccccc2)cc1. The summed E-state index contributed by atoms with van der Waals surface area (Å²) in [5.41, 5.74) is 1.89. The van der Waals surface area contributed by atoms with Crippen molar-refractivity contribution < 1.29 is 19.1 Å². The third-order valence-corrected chi connectivity index (χ3v) is 5.08. The second-order valence-electron chi connectivity index (χ2n) is 7.35. The Morgan fingerprint density at radius 1 is 1.06 bits per heavy atom. The molecule has 0 aliphatic rings. The normalized spacial score (nSPS) is 11.4. The number of imidazole rings is 1. The molecule has 172 valence electrons. The molecule has 2 N–H and O–H groups in total. The van der Waals surface area contributed by atoms with Gasteiger partial charge in [0.25, 0.3) is 0 Å². The molecule has 0 aliphatic carbocycles. The van der Waals surface area contributed by atoms with Crippen molar-refractivity contribution in [2.45, 2.75) is 19.4 Å². The molecule has 0 aliphatic heterocycles. The van der Waals surface area contributed by atoms with E-state index in [2.05, 4.69) is 15.6 Å². The second-order valence-corrected chi connectivity index (χ2v) is 7.35. The molecule has 0 radical (unpaired) electrons. The maximum atomic E-state index is 12.7. The number of hydrogen-bond acceptors (Lipinski definition) is 5. The van der Waals surface area contributed by atoms with Crippen molar-refractivity contribution in [3.05, 3.63) is 78.4 Å². The Morgan fingerprint density at radius 3 is 2.36 bits per heavy atom. The minimum Gasteiger partial charge on any atom is -0.449 e. The highest BCUT2D eigenvalue weighted by molar-refractivity contribution is 6.39. The number of hydrogen-bond donors (Lipinski definition) is 2. The summed E-state index contributed by atoms with van der Waals surface area (Å²) in [6.45, 7) is 2.00. The molecule has 0 fully saturated rings. The van der Waals surface area contributed by atoms with Crippen LogP contribution in [0.4, 0.5) is 16.2 Å². The monoisotopic (exact) mass is 449 g/mol. The lowest BCUT2D eigenvalue weighted by Gasteiger charge is -2.19. The van der Waals surface area contributed by atoms with Crippen LogP contribution in [0.25, 0.3) is 0 Å². The van der Waals surface area contributed by atoms with E-state index in [1.54, 1.807) is 44.4 Å². The topological polar surface area (TPSA) is 106 Å². The van der Waals surface area contributed by atoms with E-state index < -0.39 is 23.9 Å². The Balaban J connectivity index is 1.66. The van der Waals surface area contributed by atoms with Gasteiger partial charge in [-0.05, 0) is 36.8 Å². The van der Waals surface area contributed by atoms with Gasteiger partial charge in [-0.3, -0.25) is 14.5 Å². The number of anilines is 2. The molecule has 3 aromatic rings. The molecular weight excluding hydrogens is 422 g/mol. The molecule has 1 heterocycles. The van der Waals surface area contributed by atoms with Crippen molar-refractivity contribution in [3.8, 4) is 0 Å². The van der Waals surface area contributed by atoms with Crippen LogP contribution in [0.2, 0.25) is 0 Å². The fourth-order valence-electron chi connectivity index (χ4n) is 3.22. The van der Waals surface area contributed by atoms with Gasteiger partial charge in [-0.15, -0.1) is 0 Å². The predicted octanol–water partition coefficient (Wildman–Crippen LogP) is 3.05. The van der Waals surface area contributed by atoms with Crippen molar-refractivity contribution in [1.29, 1.82) is 0 Å². The Labute approximate surface area is 192 Å². The standard InChI is InChI=1S/C24H27N5O4/c1-4-33-24(32)29(3)19-12-10-18(11-13-19)26-22(30)23(31)27-20(17-8-6-5-7-9-17)16-21-25-14-15-28(21)2/h5-15,20H,4,16H2,1-3H3,(H,26,30)(H,27,31)/t20-/m1/s1. The molecule has 9 nitrogen and oxygen atoms in total. The lowest BCUT2D eigenvalue weighted by Crippen LogP contribution is -2.38. The first kappa shape index (κ1) is 23.5. The van der Waals surface area contributed by atoms with Gasteiger partial charge >= 0.3 is 17.9 Å². The summed E-state index contributed by atoms with van der Waals surface area (Å²) in [4.78, 5) is 42.7. The highest BCUT2D eigenvalue weighted by Gasteiger charge is 2.22. The van der Waals surface area contributed by atoms with Crippen LogP contribution in [0.1, 0.15) is 24.4 Å². The molecule has 3 amide bonds. The predicted molar refractivity (Wildman–Crippen MR) is 125 cm³/mol. The third-order valence-electron chi connectivity index (χ3n) is 5.08. The first-order chi connectivity index (χ1) is 15.9. The number of ether oxygens (including phenoxy) is 1. The van der Waals surface area contributed by atoms with E-state index in [-0.39, 0.29) is 6.61 Å². The summed E-state index contributed by atoms with van der Waals surface area (Å²) in [6.07, 6.45) is 3.47. The molecule has 3 rings (SSSR count). The summed E-state index contributed by atoms with van der Waals surface area (Å²) in [7, 11) is 3.46. The zero-order valence-corrected chi connectivity index (χ0v) is 18.8. The van der Waals surface area contributed by atoms with Gasteiger partial charge in [-0.1, -0.05) is 30.3 Å². The van der Waals surface area contributed by atoms with Crippen molar-refractivity contribution in [2.75, 3.05) is 23.9 Å². The van der Waals surface area contributed by atoms with Crippen molar-refractivity contribution in [1.82, 2.24) is 14.9 Å². The smallest absolute Gasteiger partial charge is 0.413 e. The summed E-state index contributed by atoms with van der Waals surface area (Å²) in [6, 6.07) is 15.5. The highest BCUT2D eigenvalue weighted by Crippen LogP contribution is 2.19. The molecule has 33 heavy (non-hydrogen) atoms. The van der Waals surface area contributed by atoms with E-state index in [0.29, 0.717) is 17.8 Å². The third kappa shape index (κ3) is 6.19. The van der Waals surface area contributed by atoms with Gasteiger partial charge in [0.05, 0.1) is 12.6 Å². The zero-order valence-electron chi connectivity index (χ0n) is 18.8. The van der Waals surface area contributed by atoms with E-state index in [1.165, 1.54) is 4.90 Å². The van der Waals surface area contributed by atoms with Crippen LogP contribution >= 0.6 is 0 Å². The summed E-state index contributed by atoms with van der Waals surface area (Å²) >= 11 is 0. The van der Waals surface area contributed by atoms with Crippen LogP contribution in [-0.2, 0) is 27.8 Å². The van der Waals surface area contributed by atoms with Gasteiger partial charge in [0.1, 0.15) is 5.82 Å². The van der Waals surface area contributed by atoms with Gasteiger partial charge in [0.15, 0.2) is 0 Å². The van der Waals surface area contributed by atoms with Crippen molar-refractivity contribution in [2.24, 2.45) is 7.05 Å². The number of aromatic nitrogens is 2. The van der Waals surface area contributed by atoms with Crippen LogP contribution in [0.3, 0.4) is 0 Å². The average Bonchev–Trinajstić information content (AvgIpc) is 3.23. The largest absolute Gasteiger partial charge is 0.449 e. The molecule has 2 aromatic carbocycles. The maximum absolute atomic E-state index is 12.7. The van der Waals surface area contributed by atoms with Crippen LogP contribution in [0, 0.1) is 0 Å². The molecule has 0 spiro atoms. The molecule has 1 aromatic heterocycles. The van der Waals surface area contributed by atoms with E-state index >= 15 is 0 Å². The van der Waals surface area contributed by atoms with Crippen molar-refractivity contribution in [3.63, 3.8) is 0 Å². The molecule has 9 heteroatoms. The molecule has 0 unspecified atom stereocenters. The zero-order chi connectivity index (χ0) is 23.8. The van der Waals surface area contributed by atoms with Gasteiger partial charge in [0, 0.05) is 44.3 Å². The van der Waals surface area contributed by atoms with Gasteiger partial charge in [-0.25, -0.2) is 9.78 Å². The van der Waals surface area contributed by atoms with E-state index in [9.17, 15) is 14.4 Å². The summed E-state index contributed by atoms with van der Waals surface area (Å²) in [5, 5.41) is 5.39. The Kier molecular flexibility index (Phi) is 7.80. The summed E-state index contributed by atoms with van der Waals surface area (Å²) in [5.74, 6) is -0.765. The minimum atomic E-state index is -0.790. The first-order valence-electron chi connectivity index (χ1n) is 10.5. The lowest BCUT2D eigenvalue weighted by atomic mass is 10.0. The number of nitrogens with zero attached hydrogens (tertiary/aromatic N) is 3. The van der Waals surface area contributed by atoms with Crippen LogP contribution in [-0.4, -0.2) is 41.1 Å². The van der Waals surface area contributed by atoms with Gasteiger partial charge in [0.2, 0.25) is 0 Å². The van der Waals surface area contributed by atoms with Gasteiger partial charge in [-0.2, -0.15) is 0 Å². The number of carbonyl (C=O) groups excluding carboxylic acids is 3. The van der Waals surface area contributed by atoms with Crippen molar-refractivity contribution >= 4 is 29.3 Å². The number of carbonyl (C=O) groups is 3. The van der Waals surface area contributed by atoms with Crippen LogP contribution in [0.15, 0.2) is 67.0 Å². The molecule has 0 bridgehead atoms. The van der Waals surface area contributed by atoms with Crippen LogP contribution < -0.4 is 15.5 Å². The van der Waals surface area contributed by atoms with Gasteiger partial charge < -0.3 is 19.9 Å². The molecule has 0 saturated heterocycles. The van der Waals surface area contributed by atoms with Crippen LogP contribution in [0.5, 0.6) is 0 Å². The fourth-order valence-corrected chi connectivity index (χ4v) is 3.22. The maximum Gasteiger partial charge on any atom is 0.413 e. The van der Waals surface area contributed by atoms with E-state index in [0.717, 1.165) is 11.4 Å². The minimum absolute atomic E-state index is 0.274. The Hall–Kier alpha value is -4.14. The first-order valence-corrected chi connectivity index (χ1v) is 10.5. The van der Waals surface area contributed by atoms with E-state index in [4.69, 9.17) is 4.74 Å². The number of amides is 3. The second kappa shape index (κ2) is 10.9. The number of nitrogens with one attached hydrogen (secondary N) is 2. The number of rotatable bonds is 7. The quantitative estimate of drug-likeness (QED) is 0.540. The average molecular weight is 450 g/mol. The number of benzene rings is 2. The fraction of sp³-hybridized carbons (Fsp3) is 0.250. The van der Waals surface area contributed by atoms with E-state index in [1.807, 2.05) is 48.1 Å². The lowest BCUT2D eigenvalue weighted by molar-refractivity contribution is -0.136. The molecular formula is C24H27N5O4.